The lowest BCUT2D eigenvalue weighted by Gasteiger charge is -2.31. The second kappa shape index (κ2) is 11.5. The number of carbonyl (C=O) groups excluding carboxylic acids is 2. The van der Waals surface area contributed by atoms with Crippen LogP contribution in [0.2, 0.25) is 0 Å². The molecule has 2 N–H and O–H groups in total. The van der Waals surface area contributed by atoms with Gasteiger partial charge in [0.25, 0.3) is 5.91 Å². The first-order chi connectivity index (χ1) is 15.0. The van der Waals surface area contributed by atoms with Crippen LogP contribution in [0.25, 0.3) is 0 Å². The Hall–Kier alpha value is -2.90. The van der Waals surface area contributed by atoms with Crippen LogP contribution in [0.3, 0.4) is 0 Å². The Bertz CT molecular complexity index is 881. The van der Waals surface area contributed by atoms with Crippen LogP contribution in [0.15, 0.2) is 48.5 Å². The Balaban J connectivity index is 1.46. The number of likely N-dealkylation sites (N-methyl/N-ethyl adjacent to an activating group) is 1. The number of nitrogens with zero attached hydrogens (tertiary/aromatic N) is 1. The molecule has 0 bridgehead atoms. The van der Waals surface area contributed by atoms with Gasteiger partial charge in [0, 0.05) is 50.5 Å². The maximum absolute atomic E-state index is 12.5. The summed E-state index contributed by atoms with van der Waals surface area (Å²) < 4.78 is 11.3. The molecule has 0 atom stereocenters. The molecule has 0 radical (unpaired) electrons. The van der Waals surface area contributed by atoms with Gasteiger partial charge in [0.2, 0.25) is 5.91 Å². The lowest BCUT2D eigenvalue weighted by atomic mass is 10.1. The molecule has 3 rings (SSSR count). The normalized spacial score (nSPS) is 14.3. The third-order valence-corrected chi connectivity index (χ3v) is 5.32. The van der Waals surface area contributed by atoms with Gasteiger partial charge in [-0.1, -0.05) is 18.2 Å². The second-order valence-corrected chi connectivity index (χ2v) is 7.76. The van der Waals surface area contributed by atoms with E-state index < -0.39 is 0 Å². The summed E-state index contributed by atoms with van der Waals surface area (Å²) in [6.45, 7) is 4.96. The van der Waals surface area contributed by atoms with E-state index in [1.165, 1.54) is 6.92 Å². The first-order valence-electron chi connectivity index (χ1n) is 10.7. The molecule has 0 unspecified atom stereocenters. The lowest BCUT2D eigenvalue weighted by molar-refractivity contribution is -0.114. The zero-order valence-corrected chi connectivity index (χ0v) is 18.2. The number of benzene rings is 2. The zero-order valence-electron chi connectivity index (χ0n) is 18.2. The number of anilines is 1. The van der Waals surface area contributed by atoms with Crippen LogP contribution < -0.4 is 15.4 Å². The fourth-order valence-electron chi connectivity index (χ4n) is 3.59. The van der Waals surface area contributed by atoms with Crippen LogP contribution in [0.4, 0.5) is 5.69 Å². The molecule has 0 aliphatic carbocycles. The Morgan fingerprint density at radius 1 is 1.13 bits per heavy atom. The predicted octanol–water partition coefficient (Wildman–Crippen LogP) is 3.06. The van der Waals surface area contributed by atoms with Gasteiger partial charge in [-0.25, -0.2) is 0 Å². The highest BCUT2D eigenvalue weighted by Crippen LogP contribution is 2.16. The number of amides is 2. The van der Waals surface area contributed by atoms with Gasteiger partial charge in [-0.3, -0.25) is 14.5 Å². The van der Waals surface area contributed by atoms with E-state index in [4.69, 9.17) is 9.47 Å². The van der Waals surface area contributed by atoms with Crippen molar-refractivity contribution in [1.82, 2.24) is 10.2 Å². The van der Waals surface area contributed by atoms with E-state index in [0.717, 1.165) is 43.9 Å². The van der Waals surface area contributed by atoms with Crippen molar-refractivity contribution in [3.05, 3.63) is 59.7 Å². The minimum absolute atomic E-state index is 0.173. The summed E-state index contributed by atoms with van der Waals surface area (Å²) in [5.41, 5.74) is 2.05. The minimum atomic E-state index is -0.198. The first-order valence-corrected chi connectivity index (χ1v) is 10.7. The van der Waals surface area contributed by atoms with Crippen molar-refractivity contribution in [1.29, 1.82) is 0 Å². The third kappa shape index (κ3) is 7.38. The van der Waals surface area contributed by atoms with Crippen molar-refractivity contribution in [2.75, 3.05) is 38.7 Å². The Kier molecular flexibility index (Phi) is 8.44. The van der Waals surface area contributed by atoms with Gasteiger partial charge in [-0.05, 0) is 55.8 Å². The van der Waals surface area contributed by atoms with Gasteiger partial charge in [-0.15, -0.1) is 0 Å². The molecule has 0 saturated carbocycles. The molecule has 1 fully saturated rings. The van der Waals surface area contributed by atoms with E-state index in [2.05, 4.69) is 22.6 Å². The maximum Gasteiger partial charge on any atom is 0.251 e. The van der Waals surface area contributed by atoms with E-state index in [0.29, 0.717) is 30.4 Å². The fraction of sp³-hybridized carbons (Fsp3) is 0.417. The van der Waals surface area contributed by atoms with Crippen molar-refractivity contribution in [3.63, 3.8) is 0 Å². The van der Waals surface area contributed by atoms with Gasteiger partial charge < -0.3 is 20.1 Å². The van der Waals surface area contributed by atoms with Crippen LogP contribution >= 0.6 is 0 Å². The highest BCUT2D eigenvalue weighted by atomic mass is 16.5. The standard InChI is InChI=1S/C24H31N3O4/c1-18(28)26-21-7-4-6-20(16-21)24(29)25-17-19-5-3-8-23(15-19)31-14-11-27(2)22-9-12-30-13-10-22/h3-8,15-16,22H,9-14,17H2,1-2H3,(H,25,29)(H,26,28). The summed E-state index contributed by atoms with van der Waals surface area (Å²) in [6.07, 6.45) is 2.14. The average Bonchev–Trinajstić information content (AvgIpc) is 2.78. The third-order valence-electron chi connectivity index (χ3n) is 5.32. The molecule has 2 aromatic carbocycles. The quantitative estimate of drug-likeness (QED) is 0.646. The van der Waals surface area contributed by atoms with E-state index in [9.17, 15) is 9.59 Å². The number of hydrogen-bond acceptors (Lipinski definition) is 5. The Labute approximate surface area is 183 Å². The predicted molar refractivity (Wildman–Crippen MR) is 120 cm³/mol. The van der Waals surface area contributed by atoms with Crippen molar-refractivity contribution in [2.24, 2.45) is 0 Å². The molecular weight excluding hydrogens is 394 g/mol. The maximum atomic E-state index is 12.5. The Morgan fingerprint density at radius 3 is 2.68 bits per heavy atom. The monoisotopic (exact) mass is 425 g/mol. The highest BCUT2D eigenvalue weighted by molar-refractivity contribution is 5.96. The summed E-state index contributed by atoms with van der Waals surface area (Å²) in [5, 5.41) is 5.60. The molecule has 2 amide bonds. The van der Waals surface area contributed by atoms with Crippen LogP contribution in [0.5, 0.6) is 5.75 Å². The van der Waals surface area contributed by atoms with Crippen molar-refractivity contribution in [3.8, 4) is 5.75 Å². The van der Waals surface area contributed by atoms with Gasteiger partial charge in [0.1, 0.15) is 12.4 Å². The number of rotatable bonds is 9. The van der Waals surface area contributed by atoms with Gasteiger partial charge in [-0.2, -0.15) is 0 Å². The molecule has 2 aromatic rings. The number of carbonyl (C=O) groups is 2. The van der Waals surface area contributed by atoms with Crippen LogP contribution in [-0.4, -0.2) is 56.2 Å². The molecular formula is C24H31N3O4. The number of ether oxygens (including phenoxy) is 2. The van der Waals surface area contributed by atoms with Crippen LogP contribution in [0, 0.1) is 0 Å². The molecule has 166 valence electrons. The largest absolute Gasteiger partial charge is 0.492 e. The smallest absolute Gasteiger partial charge is 0.251 e. The molecule has 31 heavy (non-hydrogen) atoms. The zero-order chi connectivity index (χ0) is 22.1. The summed E-state index contributed by atoms with van der Waals surface area (Å²) >= 11 is 0. The van der Waals surface area contributed by atoms with E-state index in [1.54, 1.807) is 24.3 Å². The van der Waals surface area contributed by atoms with E-state index in [1.807, 2.05) is 24.3 Å². The molecule has 1 heterocycles. The molecule has 1 aliphatic rings. The van der Waals surface area contributed by atoms with Crippen molar-refractivity contribution in [2.45, 2.75) is 32.4 Å². The number of hydrogen-bond donors (Lipinski definition) is 2. The summed E-state index contributed by atoms with van der Waals surface area (Å²) in [7, 11) is 2.13. The number of nitrogens with one attached hydrogen (secondary N) is 2. The topological polar surface area (TPSA) is 79.9 Å². The molecule has 0 spiro atoms. The fourth-order valence-corrected chi connectivity index (χ4v) is 3.59. The van der Waals surface area contributed by atoms with Crippen molar-refractivity contribution >= 4 is 17.5 Å². The van der Waals surface area contributed by atoms with Crippen LogP contribution in [-0.2, 0) is 16.1 Å². The van der Waals surface area contributed by atoms with Crippen LogP contribution in [0.1, 0.15) is 35.7 Å². The van der Waals surface area contributed by atoms with Gasteiger partial charge >= 0.3 is 0 Å². The lowest BCUT2D eigenvalue weighted by Crippen LogP contribution is -2.38. The van der Waals surface area contributed by atoms with Gasteiger partial charge in [0.15, 0.2) is 0 Å². The van der Waals surface area contributed by atoms with E-state index in [-0.39, 0.29) is 11.8 Å². The molecule has 0 aromatic heterocycles. The summed E-state index contributed by atoms with van der Waals surface area (Å²) in [5.74, 6) is 0.421. The van der Waals surface area contributed by atoms with Gasteiger partial charge in [0.05, 0.1) is 0 Å². The molecule has 1 aliphatic heterocycles. The molecule has 7 heteroatoms. The summed E-state index contributed by atoms with van der Waals surface area (Å²) in [4.78, 5) is 26.0. The first kappa shape index (κ1) is 22.8. The van der Waals surface area contributed by atoms with E-state index >= 15 is 0 Å². The SMILES string of the molecule is CC(=O)Nc1cccc(C(=O)NCc2cccc(OCCN(C)C3CCOCC3)c2)c1. The second-order valence-electron chi connectivity index (χ2n) is 7.76. The summed E-state index contributed by atoms with van der Waals surface area (Å²) in [6, 6.07) is 15.2. The average molecular weight is 426 g/mol. The van der Waals surface area contributed by atoms with Crippen molar-refractivity contribution < 1.29 is 19.1 Å². The molecule has 7 nitrogen and oxygen atoms in total. The molecule has 1 saturated heterocycles. The minimum Gasteiger partial charge on any atom is -0.492 e. The highest BCUT2D eigenvalue weighted by Gasteiger charge is 2.18. The Morgan fingerprint density at radius 2 is 1.90 bits per heavy atom.